The third-order valence-corrected chi connectivity index (χ3v) is 3.04. The fourth-order valence-corrected chi connectivity index (χ4v) is 1.70. The maximum absolute atomic E-state index is 12.1. The number of anilines is 1. The number of methoxy groups -OCH3 is 1. The molecule has 1 atom stereocenters. The molecule has 0 fully saturated rings. The average molecular weight is 280 g/mol. The lowest BCUT2D eigenvalue weighted by molar-refractivity contribution is 0.0698. The SMILES string of the molecule is COCC(C)N(C)C(=O)Nc1ccc(C)cc1C(=O)O. The van der Waals surface area contributed by atoms with Crippen molar-refractivity contribution in [1.82, 2.24) is 4.90 Å². The van der Waals surface area contributed by atoms with Gasteiger partial charge in [0.1, 0.15) is 0 Å². The van der Waals surface area contributed by atoms with Gasteiger partial charge in [-0.05, 0) is 26.0 Å². The van der Waals surface area contributed by atoms with Crippen LogP contribution in [0, 0.1) is 6.92 Å². The van der Waals surface area contributed by atoms with Crippen molar-refractivity contribution in [1.29, 1.82) is 0 Å². The number of likely N-dealkylation sites (N-methyl/N-ethyl adjacent to an activating group) is 1. The fraction of sp³-hybridized carbons (Fsp3) is 0.429. The Morgan fingerprint density at radius 3 is 2.65 bits per heavy atom. The minimum atomic E-state index is -1.07. The molecule has 110 valence electrons. The van der Waals surface area contributed by atoms with E-state index in [2.05, 4.69) is 5.32 Å². The summed E-state index contributed by atoms with van der Waals surface area (Å²) in [6, 6.07) is 4.38. The normalized spacial score (nSPS) is 11.8. The average Bonchev–Trinajstić information content (AvgIpc) is 2.39. The lowest BCUT2D eigenvalue weighted by Crippen LogP contribution is -2.40. The molecular weight excluding hydrogens is 260 g/mol. The predicted molar refractivity (Wildman–Crippen MR) is 76.3 cm³/mol. The van der Waals surface area contributed by atoms with Crippen molar-refractivity contribution in [2.75, 3.05) is 26.1 Å². The highest BCUT2D eigenvalue weighted by Gasteiger charge is 2.18. The first-order valence-electron chi connectivity index (χ1n) is 6.23. The van der Waals surface area contributed by atoms with Gasteiger partial charge in [0.15, 0.2) is 0 Å². The Kier molecular flexibility index (Phi) is 5.52. The van der Waals surface area contributed by atoms with Gasteiger partial charge in [-0.2, -0.15) is 0 Å². The van der Waals surface area contributed by atoms with E-state index in [4.69, 9.17) is 9.84 Å². The van der Waals surface area contributed by atoms with Crippen molar-refractivity contribution in [2.24, 2.45) is 0 Å². The third kappa shape index (κ3) is 3.96. The van der Waals surface area contributed by atoms with E-state index in [0.717, 1.165) is 5.56 Å². The first-order chi connectivity index (χ1) is 9.36. The molecule has 0 spiro atoms. The van der Waals surface area contributed by atoms with Gasteiger partial charge in [0.25, 0.3) is 0 Å². The van der Waals surface area contributed by atoms with Crippen molar-refractivity contribution in [3.8, 4) is 0 Å². The van der Waals surface area contributed by atoms with Crippen molar-refractivity contribution in [2.45, 2.75) is 19.9 Å². The maximum Gasteiger partial charge on any atom is 0.337 e. The quantitative estimate of drug-likeness (QED) is 0.866. The second-order valence-corrected chi connectivity index (χ2v) is 4.70. The third-order valence-electron chi connectivity index (χ3n) is 3.04. The number of amides is 2. The van der Waals surface area contributed by atoms with Gasteiger partial charge in [0, 0.05) is 14.2 Å². The van der Waals surface area contributed by atoms with Crippen LogP contribution in [0.4, 0.5) is 10.5 Å². The molecule has 0 aliphatic carbocycles. The lowest BCUT2D eigenvalue weighted by Gasteiger charge is -2.25. The Balaban J connectivity index is 2.88. The molecule has 1 rings (SSSR count). The molecular formula is C14H20N2O4. The second-order valence-electron chi connectivity index (χ2n) is 4.70. The molecule has 0 saturated carbocycles. The molecule has 1 aromatic carbocycles. The highest BCUT2D eigenvalue weighted by Crippen LogP contribution is 2.18. The molecule has 2 N–H and O–H groups in total. The standard InChI is InChI=1S/C14H20N2O4/c1-9-5-6-12(11(7-9)13(17)18)15-14(19)16(3)10(2)8-20-4/h5-7,10H,8H2,1-4H3,(H,15,19)(H,17,18). The van der Waals surface area contributed by atoms with Crippen molar-refractivity contribution in [3.05, 3.63) is 29.3 Å². The van der Waals surface area contributed by atoms with E-state index in [1.165, 1.54) is 11.0 Å². The summed E-state index contributed by atoms with van der Waals surface area (Å²) in [4.78, 5) is 24.7. The molecule has 0 saturated heterocycles. The Morgan fingerprint density at radius 1 is 1.45 bits per heavy atom. The lowest BCUT2D eigenvalue weighted by atomic mass is 10.1. The molecule has 0 radical (unpaired) electrons. The van der Waals surface area contributed by atoms with Crippen molar-refractivity contribution >= 4 is 17.7 Å². The van der Waals surface area contributed by atoms with Crippen LogP contribution in [0.2, 0.25) is 0 Å². The smallest absolute Gasteiger partial charge is 0.337 e. The van der Waals surface area contributed by atoms with E-state index in [9.17, 15) is 9.59 Å². The maximum atomic E-state index is 12.1. The van der Waals surface area contributed by atoms with Crippen LogP contribution in [-0.2, 0) is 4.74 Å². The summed E-state index contributed by atoms with van der Waals surface area (Å²) in [7, 11) is 3.19. The largest absolute Gasteiger partial charge is 0.478 e. The van der Waals surface area contributed by atoms with Crippen molar-refractivity contribution in [3.63, 3.8) is 0 Å². The molecule has 1 aromatic rings. The number of ether oxygens (including phenoxy) is 1. The number of hydrogen-bond donors (Lipinski definition) is 2. The number of benzene rings is 1. The van der Waals surface area contributed by atoms with Crippen LogP contribution in [-0.4, -0.2) is 48.8 Å². The van der Waals surface area contributed by atoms with Gasteiger partial charge in [-0.15, -0.1) is 0 Å². The van der Waals surface area contributed by atoms with Crippen LogP contribution in [0.3, 0.4) is 0 Å². The molecule has 1 unspecified atom stereocenters. The van der Waals surface area contributed by atoms with Gasteiger partial charge >= 0.3 is 12.0 Å². The molecule has 0 aliphatic heterocycles. The monoisotopic (exact) mass is 280 g/mol. The summed E-state index contributed by atoms with van der Waals surface area (Å²) >= 11 is 0. The fourth-order valence-electron chi connectivity index (χ4n) is 1.70. The first-order valence-corrected chi connectivity index (χ1v) is 6.23. The zero-order chi connectivity index (χ0) is 15.3. The minimum Gasteiger partial charge on any atom is -0.478 e. The van der Waals surface area contributed by atoms with Gasteiger partial charge in [-0.3, -0.25) is 0 Å². The van der Waals surface area contributed by atoms with Crippen LogP contribution in [0.5, 0.6) is 0 Å². The topological polar surface area (TPSA) is 78.9 Å². The number of carbonyl (C=O) groups is 2. The number of urea groups is 1. The Hall–Kier alpha value is -2.08. The number of carboxylic acids is 1. The number of rotatable bonds is 5. The van der Waals surface area contributed by atoms with Gasteiger partial charge < -0.3 is 20.1 Å². The van der Waals surface area contributed by atoms with Gasteiger partial charge in [0.05, 0.1) is 23.9 Å². The van der Waals surface area contributed by atoms with Gasteiger partial charge in [-0.25, -0.2) is 9.59 Å². The van der Waals surface area contributed by atoms with Crippen LogP contribution in [0.15, 0.2) is 18.2 Å². The van der Waals surface area contributed by atoms with Crippen LogP contribution in [0.1, 0.15) is 22.8 Å². The Labute approximate surface area is 118 Å². The second kappa shape index (κ2) is 6.91. The molecule has 0 aliphatic rings. The Bertz CT molecular complexity index is 502. The number of aryl methyl sites for hydroxylation is 1. The number of nitrogens with zero attached hydrogens (tertiary/aromatic N) is 1. The summed E-state index contributed by atoms with van der Waals surface area (Å²) in [5.74, 6) is -1.07. The Morgan fingerprint density at radius 2 is 2.10 bits per heavy atom. The molecule has 0 aromatic heterocycles. The van der Waals surface area contributed by atoms with Crippen LogP contribution < -0.4 is 5.32 Å². The van der Waals surface area contributed by atoms with Crippen LogP contribution >= 0.6 is 0 Å². The zero-order valence-electron chi connectivity index (χ0n) is 12.1. The molecule has 2 amide bonds. The van der Waals surface area contributed by atoms with Crippen molar-refractivity contribution < 1.29 is 19.4 Å². The predicted octanol–water partition coefficient (Wildman–Crippen LogP) is 2.19. The molecule has 6 heteroatoms. The highest BCUT2D eigenvalue weighted by atomic mass is 16.5. The number of carboxylic acid groups (broad SMARTS) is 1. The van der Waals surface area contributed by atoms with E-state index in [1.54, 1.807) is 33.2 Å². The summed E-state index contributed by atoms with van der Waals surface area (Å²) in [6.07, 6.45) is 0. The highest BCUT2D eigenvalue weighted by molar-refractivity contribution is 6.00. The number of hydrogen-bond acceptors (Lipinski definition) is 3. The molecule has 20 heavy (non-hydrogen) atoms. The van der Waals surface area contributed by atoms with E-state index >= 15 is 0 Å². The van der Waals surface area contributed by atoms with Gasteiger partial charge in [-0.1, -0.05) is 11.6 Å². The molecule has 0 bridgehead atoms. The summed E-state index contributed by atoms with van der Waals surface area (Å²) in [6.45, 7) is 4.05. The molecule has 0 heterocycles. The number of carbonyl (C=O) groups excluding carboxylic acids is 1. The first kappa shape index (κ1) is 16.0. The van der Waals surface area contributed by atoms with E-state index in [1.807, 2.05) is 6.92 Å². The van der Waals surface area contributed by atoms with Gasteiger partial charge in [0.2, 0.25) is 0 Å². The number of aromatic carboxylic acids is 1. The summed E-state index contributed by atoms with van der Waals surface area (Å²) < 4.78 is 4.99. The zero-order valence-corrected chi connectivity index (χ0v) is 12.1. The minimum absolute atomic E-state index is 0.0751. The van der Waals surface area contributed by atoms with E-state index in [0.29, 0.717) is 6.61 Å². The summed E-state index contributed by atoms with van der Waals surface area (Å²) in [5.41, 5.74) is 1.18. The summed E-state index contributed by atoms with van der Waals surface area (Å²) in [5, 5.41) is 11.8. The molecule has 6 nitrogen and oxygen atoms in total. The van der Waals surface area contributed by atoms with E-state index < -0.39 is 5.97 Å². The van der Waals surface area contributed by atoms with Crippen LogP contribution in [0.25, 0.3) is 0 Å². The number of nitrogens with one attached hydrogen (secondary N) is 1. The van der Waals surface area contributed by atoms with E-state index in [-0.39, 0.29) is 23.3 Å².